The van der Waals surface area contributed by atoms with Gasteiger partial charge in [-0.05, 0) is 94.9 Å². The lowest BCUT2D eigenvalue weighted by molar-refractivity contribution is 0.723. The first-order valence-electron chi connectivity index (χ1n) is 18.2. The third kappa shape index (κ3) is 4.22. The smallest absolute Gasteiger partial charge is 0.0736 e. The van der Waals surface area contributed by atoms with Gasteiger partial charge in [-0.3, -0.25) is 0 Å². The van der Waals surface area contributed by atoms with Crippen molar-refractivity contribution in [2.45, 2.75) is 15.2 Å². The molecule has 0 saturated carbocycles. The van der Waals surface area contributed by atoms with Gasteiger partial charge in [-0.25, -0.2) is 0 Å². The van der Waals surface area contributed by atoms with Crippen LogP contribution in [0.5, 0.6) is 0 Å². The van der Waals surface area contributed by atoms with Crippen LogP contribution >= 0.6 is 11.8 Å². The van der Waals surface area contributed by atoms with Gasteiger partial charge in [-0.15, -0.1) is 0 Å². The van der Waals surface area contributed by atoms with E-state index < -0.39 is 5.41 Å². The Morgan fingerprint density at radius 2 is 0.849 bits per heavy atom. The van der Waals surface area contributed by atoms with Crippen molar-refractivity contribution in [2.75, 3.05) is 5.73 Å². The van der Waals surface area contributed by atoms with Gasteiger partial charge < -0.3 is 5.73 Å². The lowest BCUT2D eigenvalue weighted by atomic mass is 9.67. The van der Waals surface area contributed by atoms with Gasteiger partial charge in [0.25, 0.3) is 0 Å². The van der Waals surface area contributed by atoms with Crippen molar-refractivity contribution in [3.05, 3.63) is 210 Å². The molecule has 2 aliphatic rings. The highest BCUT2D eigenvalue weighted by atomic mass is 32.2. The molecule has 2 heteroatoms. The molecule has 1 aliphatic heterocycles. The fourth-order valence-corrected chi connectivity index (χ4v) is 10.7. The van der Waals surface area contributed by atoms with E-state index in [2.05, 4.69) is 182 Å². The van der Waals surface area contributed by atoms with Crippen LogP contribution in [0.2, 0.25) is 0 Å². The molecule has 1 unspecified atom stereocenters. The van der Waals surface area contributed by atoms with E-state index in [4.69, 9.17) is 5.73 Å². The molecule has 9 aromatic rings. The van der Waals surface area contributed by atoms with Crippen molar-refractivity contribution in [3.8, 4) is 44.5 Å². The van der Waals surface area contributed by atoms with Crippen LogP contribution in [0.1, 0.15) is 22.3 Å². The first-order valence-corrected chi connectivity index (χ1v) is 19.0. The average molecular weight is 692 g/mol. The molecule has 1 aliphatic carbocycles. The number of hydrogen-bond acceptors (Lipinski definition) is 2. The standard InChI is InChI=1S/C51H33NS/c52-45-26-13-24-43-49(45)39-20-8-9-22-41(39)51(43)42-23-10-11-27-46(42)53-50-40(21-12-25-44(50)51)48-37-18-6-4-16-35(37)47(36-17-5-7-19-38(36)48)34-30-28-33(29-31-34)32-14-2-1-3-15-32/h1-31H,52H2. The number of nitrogens with two attached hydrogens (primary N) is 1. The molecule has 1 heterocycles. The second-order valence-electron chi connectivity index (χ2n) is 14.1. The minimum atomic E-state index is -0.499. The third-order valence-corrected chi connectivity index (χ3v) is 12.7. The Bertz CT molecular complexity index is 2870. The van der Waals surface area contributed by atoms with Crippen LogP contribution < -0.4 is 5.73 Å². The normalized spacial score (nSPS) is 15.2. The molecule has 0 saturated heterocycles. The summed E-state index contributed by atoms with van der Waals surface area (Å²) in [5.41, 5.74) is 22.2. The predicted octanol–water partition coefficient (Wildman–Crippen LogP) is 13.4. The molecule has 0 bridgehead atoms. The summed E-state index contributed by atoms with van der Waals surface area (Å²) in [5.74, 6) is 0. The van der Waals surface area contributed by atoms with Crippen molar-refractivity contribution in [3.63, 3.8) is 0 Å². The lowest BCUT2D eigenvalue weighted by Gasteiger charge is -2.40. The van der Waals surface area contributed by atoms with Gasteiger partial charge in [0.2, 0.25) is 0 Å². The quantitative estimate of drug-likeness (QED) is 0.147. The highest BCUT2D eigenvalue weighted by molar-refractivity contribution is 7.99. The SMILES string of the molecule is Nc1cccc2c1-c1ccccc1C21c2ccccc2Sc2c(-c3c4ccccc4c(-c4ccc(-c5ccccc5)cc4)c4ccccc34)cccc21. The van der Waals surface area contributed by atoms with Crippen LogP contribution in [-0.4, -0.2) is 0 Å². The maximum atomic E-state index is 6.86. The Hall–Kier alpha value is -6.35. The van der Waals surface area contributed by atoms with Crippen molar-refractivity contribution >= 4 is 39.0 Å². The first kappa shape index (κ1) is 30.3. The van der Waals surface area contributed by atoms with Gasteiger partial charge in [0.05, 0.1) is 5.41 Å². The van der Waals surface area contributed by atoms with Crippen molar-refractivity contribution in [2.24, 2.45) is 0 Å². The molecule has 0 fully saturated rings. The molecule has 9 aromatic carbocycles. The molecule has 0 amide bonds. The van der Waals surface area contributed by atoms with Crippen LogP contribution in [0.4, 0.5) is 5.69 Å². The van der Waals surface area contributed by atoms with Gasteiger partial charge in [-0.1, -0.05) is 188 Å². The maximum absolute atomic E-state index is 6.86. The zero-order valence-corrected chi connectivity index (χ0v) is 29.7. The minimum absolute atomic E-state index is 0.499. The first-order chi connectivity index (χ1) is 26.2. The molecule has 1 atom stereocenters. The Kier molecular flexibility index (Phi) is 6.62. The number of anilines is 1. The molecule has 1 spiro atoms. The number of nitrogen functional groups attached to an aromatic ring is 1. The second kappa shape index (κ2) is 11.6. The van der Waals surface area contributed by atoms with Crippen LogP contribution in [0.15, 0.2) is 198 Å². The predicted molar refractivity (Wildman–Crippen MR) is 224 cm³/mol. The van der Waals surface area contributed by atoms with E-state index in [9.17, 15) is 0 Å². The fraction of sp³-hybridized carbons (Fsp3) is 0.0196. The van der Waals surface area contributed by atoms with Crippen LogP contribution in [0.25, 0.3) is 66.1 Å². The number of fused-ring (bicyclic) bond motifs is 11. The highest BCUT2D eigenvalue weighted by Crippen LogP contribution is 2.64. The van der Waals surface area contributed by atoms with E-state index in [1.807, 2.05) is 17.8 Å². The summed E-state index contributed by atoms with van der Waals surface area (Å²) in [5, 5.41) is 5.02. The Morgan fingerprint density at radius 3 is 1.58 bits per heavy atom. The molecule has 0 radical (unpaired) electrons. The highest BCUT2D eigenvalue weighted by Gasteiger charge is 2.51. The zero-order chi connectivity index (χ0) is 35.1. The summed E-state index contributed by atoms with van der Waals surface area (Å²) in [7, 11) is 0. The summed E-state index contributed by atoms with van der Waals surface area (Å²) < 4.78 is 0. The summed E-state index contributed by atoms with van der Waals surface area (Å²) in [4.78, 5) is 2.58. The average Bonchev–Trinajstić information content (AvgIpc) is 3.52. The molecule has 2 N–H and O–H groups in total. The molecule has 1 nitrogen and oxygen atoms in total. The Balaban J connectivity index is 1.21. The molecular formula is C51H33NS. The van der Waals surface area contributed by atoms with E-state index in [0.29, 0.717) is 0 Å². The van der Waals surface area contributed by atoms with E-state index in [1.165, 1.54) is 92.5 Å². The largest absolute Gasteiger partial charge is 0.398 e. The number of benzene rings is 9. The summed E-state index contributed by atoms with van der Waals surface area (Å²) in [6.07, 6.45) is 0. The van der Waals surface area contributed by atoms with E-state index in [0.717, 1.165) is 11.3 Å². The minimum Gasteiger partial charge on any atom is -0.398 e. The molecular weight excluding hydrogens is 659 g/mol. The van der Waals surface area contributed by atoms with E-state index in [1.54, 1.807) is 0 Å². The van der Waals surface area contributed by atoms with Crippen LogP contribution in [-0.2, 0) is 5.41 Å². The van der Waals surface area contributed by atoms with E-state index in [-0.39, 0.29) is 0 Å². The lowest BCUT2D eigenvalue weighted by Crippen LogP contribution is -2.32. The number of rotatable bonds is 3. The summed E-state index contributed by atoms with van der Waals surface area (Å²) >= 11 is 1.90. The van der Waals surface area contributed by atoms with Crippen molar-refractivity contribution < 1.29 is 0 Å². The maximum Gasteiger partial charge on any atom is 0.0736 e. The number of hydrogen-bond donors (Lipinski definition) is 1. The van der Waals surface area contributed by atoms with E-state index >= 15 is 0 Å². The monoisotopic (exact) mass is 691 g/mol. The molecule has 0 aromatic heterocycles. The van der Waals surface area contributed by atoms with Gasteiger partial charge >= 0.3 is 0 Å². The summed E-state index contributed by atoms with van der Waals surface area (Å²) in [6.45, 7) is 0. The topological polar surface area (TPSA) is 26.0 Å². The third-order valence-electron chi connectivity index (χ3n) is 11.5. The molecule has 11 rings (SSSR count). The van der Waals surface area contributed by atoms with Gasteiger partial charge in [0.15, 0.2) is 0 Å². The second-order valence-corrected chi connectivity index (χ2v) is 15.2. The Labute approximate surface area is 313 Å². The Morgan fingerprint density at radius 1 is 0.340 bits per heavy atom. The van der Waals surface area contributed by atoms with Crippen LogP contribution in [0.3, 0.4) is 0 Å². The summed E-state index contributed by atoms with van der Waals surface area (Å²) in [6, 6.07) is 69.0. The van der Waals surface area contributed by atoms with Gasteiger partial charge in [-0.2, -0.15) is 0 Å². The van der Waals surface area contributed by atoms with Crippen molar-refractivity contribution in [1.82, 2.24) is 0 Å². The van der Waals surface area contributed by atoms with Crippen molar-refractivity contribution in [1.29, 1.82) is 0 Å². The van der Waals surface area contributed by atoms with Gasteiger partial charge in [0.1, 0.15) is 0 Å². The fourth-order valence-electron chi connectivity index (χ4n) is 9.39. The van der Waals surface area contributed by atoms with Gasteiger partial charge in [0, 0.05) is 21.0 Å². The zero-order valence-electron chi connectivity index (χ0n) is 28.9. The molecule has 248 valence electrons. The van der Waals surface area contributed by atoms with Crippen LogP contribution in [0, 0.1) is 0 Å². The molecule has 53 heavy (non-hydrogen) atoms.